The van der Waals surface area contributed by atoms with Gasteiger partial charge in [0.15, 0.2) is 5.78 Å². The molecule has 0 bridgehead atoms. The van der Waals surface area contributed by atoms with E-state index in [4.69, 9.17) is 0 Å². The van der Waals surface area contributed by atoms with Crippen molar-refractivity contribution >= 4 is 5.78 Å². The van der Waals surface area contributed by atoms with E-state index < -0.39 is 0 Å². The molecule has 0 aliphatic heterocycles. The molecule has 0 fully saturated rings. The van der Waals surface area contributed by atoms with Gasteiger partial charge in [-0.2, -0.15) is 0 Å². The quantitative estimate of drug-likeness (QED) is 0.475. The minimum absolute atomic E-state index is 0.134. The molecule has 0 spiro atoms. The van der Waals surface area contributed by atoms with Crippen molar-refractivity contribution in [2.24, 2.45) is 0 Å². The molecule has 1 nitrogen and oxygen atoms in total. The first kappa shape index (κ1) is 6.41. The SMILES string of the molecule is [CH2]/C=C/C(=O)CC. The van der Waals surface area contributed by atoms with Gasteiger partial charge in [0.1, 0.15) is 0 Å². The van der Waals surface area contributed by atoms with Crippen LogP contribution in [0.3, 0.4) is 0 Å². The van der Waals surface area contributed by atoms with Crippen LogP contribution in [-0.2, 0) is 4.79 Å². The molecule has 0 amide bonds. The van der Waals surface area contributed by atoms with E-state index >= 15 is 0 Å². The molecule has 0 unspecified atom stereocenters. The number of ketones is 1. The first-order chi connectivity index (χ1) is 3.31. The van der Waals surface area contributed by atoms with Crippen LogP contribution in [0.15, 0.2) is 12.2 Å². The highest BCUT2D eigenvalue weighted by atomic mass is 16.1. The van der Waals surface area contributed by atoms with Crippen LogP contribution in [0, 0.1) is 6.92 Å². The van der Waals surface area contributed by atoms with Gasteiger partial charge < -0.3 is 0 Å². The van der Waals surface area contributed by atoms with Crippen LogP contribution < -0.4 is 0 Å². The van der Waals surface area contributed by atoms with Crippen LogP contribution >= 0.6 is 0 Å². The molecule has 0 aromatic rings. The lowest BCUT2D eigenvalue weighted by Crippen LogP contribution is -1.85. The summed E-state index contributed by atoms with van der Waals surface area (Å²) < 4.78 is 0. The number of carbonyl (C=O) groups is 1. The molecule has 1 heteroatoms. The summed E-state index contributed by atoms with van der Waals surface area (Å²) in [4.78, 5) is 10.3. The van der Waals surface area contributed by atoms with E-state index in [1.165, 1.54) is 12.2 Å². The Morgan fingerprint density at radius 2 is 2.43 bits per heavy atom. The van der Waals surface area contributed by atoms with E-state index in [0.29, 0.717) is 6.42 Å². The zero-order valence-corrected chi connectivity index (χ0v) is 4.48. The van der Waals surface area contributed by atoms with E-state index in [9.17, 15) is 4.79 Å². The zero-order chi connectivity index (χ0) is 5.70. The molecule has 0 saturated heterocycles. The standard InChI is InChI=1S/C6H9O/c1-3-5-6(7)4-2/h3,5H,1,4H2,2H3/b5-3+. The number of hydrogen-bond donors (Lipinski definition) is 0. The number of hydrogen-bond acceptors (Lipinski definition) is 1. The Bertz CT molecular complexity index is 82.2. The third kappa shape index (κ3) is 3.23. The minimum atomic E-state index is 0.134. The van der Waals surface area contributed by atoms with Gasteiger partial charge in [-0.15, -0.1) is 0 Å². The maximum absolute atomic E-state index is 10.3. The molecule has 7 heavy (non-hydrogen) atoms. The zero-order valence-electron chi connectivity index (χ0n) is 4.48. The highest BCUT2D eigenvalue weighted by Gasteiger charge is 1.83. The van der Waals surface area contributed by atoms with Gasteiger partial charge >= 0.3 is 0 Å². The van der Waals surface area contributed by atoms with Crippen LogP contribution in [0.25, 0.3) is 0 Å². The first-order valence-corrected chi connectivity index (χ1v) is 2.30. The summed E-state index contributed by atoms with van der Waals surface area (Å²) in [5.74, 6) is 0.134. The Morgan fingerprint density at radius 1 is 1.86 bits per heavy atom. The van der Waals surface area contributed by atoms with E-state index in [1.54, 1.807) is 0 Å². The fourth-order valence-corrected chi connectivity index (χ4v) is 0.249. The van der Waals surface area contributed by atoms with Crippen LogP contribution in [0.5, 0.6) is 0 Å². The molecule has 0 saturated carbocycles. The van der Waals surface area contributed by atoms with Crippen molar-refractivity contribution in [2.45, 2.75) is 13.3 Å². The summed E-state index contributed by atoms with van der Waals surface area (Å²) in [6.07, 6.45) is 3.55. The summed E-state index contributed by atoms with van der Waals surface area (Å²) in [6, 6.07) is 0. The second kappa shape index (κ2) is 3.59. The second-order valence-electron chi connectivity index (χ2n) is 1.22. The normalized spacial score (nSPS) is 10.0. The summed E-state index contributed by atoms with van der Waals surface area (Å²) >= 11 is 0. The van der Waals surface area contributed by atoms with E-state index in [1.807, 2.05) is 6.92 Å². The van der Waals surface area contributed by atoms with Crippen LogP contribution in [0.1, 0.15) is 13.3 Å². The lowest BCUT2D eigenvalue weighted by Gasteiger charge is -1.78. The van der Waals surface area contributed by atoms with Gasteiger partial charge in [-0.25, -0.2) is 0 Å². The second-order valence-corrected chi connectivity index (χ2v) is 1.22. The van der Waals surface area contributed by atoms with Gasteiger partial charge in [0.05, 0.1) is 0 Å². The lowest BCUT2D eigenvalue weighted by atomic mass is 10.3. The molecule has 1 radical (unpaired) electrons. The largest absolute Gasteiger partial charge is 0.295 e. The van der Waals surface area contributed by atoms with Gasteiger partial charge in [0, 0.05) is 6.42 Å². The van der Waals surface area contributed by atoms with Gasteiger partial charge in [-0.05, 0) is 13.0 Å². The van der Waals surface area contributed by atoms with E-state index in [-0.39, 0.29) is 5.78 Å². The lowest BCUT2D eigenvalue weighted by molar-refractivity contribution is -0.114. The molecule has 0 rings (SSSR count). The molecular formula is C6H9O. The first-order valence-electron chi connectivity index (χ1n) is 2.30. The fraction of sp³-hybridized carbons (Fsp3) is 0.333. The maximum Gasteiger partial charge on any atom is 0.155 e. The monoisotopic (exact) mass is 97.1 g/mol. The third-order valence-electron chi connectivity index (χ3n) is 0.652. The van der Waals surface area contributed by atoms with Crippen LogP contribution in [0.2, 0.25) is 0 Å². The minimum Gasteiger partial charge on any atom is -0.295 e. The van der Waals surface area contributed by atoms with E-state index in [2.05, 4.69) is 6.92 Å². The predicted molar refractivity (Wildman–Crippen MR) is 29.8 cm³/mol. The fourth-order valence-electron chi connectivity index (χ4n) is 0.249. The van der Waals surface area contributed by atoms with Gasteiger partial charge in [-0.3, -0.25) is 4.79 Å². The predicted octanol–water partition coefficient (Wildman–Crippen LogP) is 1.36. The molecule has 0 aliphatic carbocycles. The third-order valence-corrected chi connectivity index (χ3v) is 0.652. The van der Waals surface area contributed by atoms with Gasteiger partial charge in [-0.1, -0.05) is 13.0 Å². The molecule has 0 N–H and O–H groups in total. The van der Waals surface area contributed by atoms with Crippen molar-refractivity contribution in [1.82, 2.24) is 0 Å². The Hall–Kier alpha value is -0.590. The van der Waals surface area contributed by atoms with Crippen molar-refractivity contribution in [3.05, 3.63) is 19.1 Å². The van der Waals surface area contributed by atoms with Crippen molar-refractivity contribution in [1.29, 1.82) is 0 Å². The molecule has 39 valence electrons. The molecule has 0 heterocycles. The Morgan fingerprint density at radius 3 is 2.57 bits per heavy atom. The molecular weight excluding hydrogens is 88.1 g/mol. The van der Waals surface area contributed by atoms with Crippen LogP contribution in [-0.4, -0.2) is 5.78 Å². The Balaban J connectivity index is 3.37. The molecule has 0 aromatic carbocycles. The van der Waals surface area contributed by atoms with Gasteiger partial charge in [0.2, 0.25) is 0 Å². The summed E-state index contributed by atoms with van der Waals surface area (Å²) in [6.45, 7) is 5.19. The number of rotatable bonds is 2. The highest BCUT2D eigenvalue weighted by Crippen LogP contribution is 1.80. The van der Waals surface area contributed by atoms with Crippen molar-refractivity contribution in [3.8, 4) is 0 Å². The highest BCUT2D eigenvalue weighted by molar-refractivity contribution is 5.89. The molecule has 0 aliphatic rings. The van der Waals surface area contributed by atoms with Gasteiger partial charge in [0.25, 0.3) is 0 Å². The van der Waals surface area contributed by atoms with Crippen LogP contribution in [0.4, 0.5) is 0 Å². The van der Waals surface area contributed by atoms with Crippen molar-refractivity contribution in [3.63, 3.8) is 0 Å². The summed E-state index contributed by atoms with van der Waals surface area (Å²) in [7, 11) is 0. The van der Waals surface area contributed by atoms with Crippen molar-refractivity contribution in [2.75, 3.05) is 0 Å². The number of allylic oxidation sites excluding steroid dienone is 2. The summed E-state index contributed by atoms with van der Waals surface area (Å²) in [5.41, 5.74) is 0. The smallest absolute Gasteiger partial charge is 0.155 e. The average Bonchev–Trinajstić information content (AvgIpc) is 1.68. The summed E-state index contributed by atoms with van der Waals surface area (Å²) in [5, 5.41) is 0. The van der Waals surface area contributed by atoms with Crippen molar-refractivity contribution < 1.29 is 4.79 Å². The Kier molecular flexibility index (Phi) is 3.29. The Labute approximate surface area is 44.0 Å². The molecule has 0 aromatic heterocycles. The maximum atomic E-state index is 10.3. The van der Waals surface area contributed by atoms with E-state index in [0.717, 1.165) is 0 Å². The average molecular weight is 97.1 g/mol. The topological polar surface area (TPSA) is 17.1 Å². The number of carbonyl (C=O) groups excluding carboxylic acids is 1. The molecule has 0 atom stereocenters.